The van der Waals surface area contributed by atoms with Crippen LogP contribution in [-0.4, -0.2) is 0 Å². The molecule has 0 saturated carbocycles. The summed E-state index contributed by atoms with van der Waals surface area (Å²) < 4.78 is 13.6. The van der Waals surface area contributed by atoms with Gasteiger partial charge in [-0.3, -0.25) is 0 Å². The van der Waals surface area contributed by atoms with Crippen LogP contribution in [0.5, 0.6) is 0 Å². The molecule has 0 saturated heterocycles. The van der Waals surface area contributed by atoms with Gasteiger partial charge in [-0.25, -0.2) is 4.39 Å². The minimum absolute atomic E-state index is 0.305. The van der Waals surface area contributed by atoms with Crippen molar-refractivity contribution in [3.63, 3.8) is 0 Å². The Labute approximate surface area is 112 Å². The normalized spacial score (nSPS) is 10.3. The Kier molecular flexibility index (Phi) is 3.54. The molecule has 3 N–H and O–H groups in total. The zero-order chi connectivity index (χ0) is 12.4. The van der Waals surface area contributed by atoms with E-state index >= 15 is 0 Å². The molecule has 0 radical (unpaired) electrons. The number of benzene rings is 2. The van der Waals surface area contributed by atoms with Gasteiger partial charge in [-0.1, -0.05) is 17.7 Å². The number of nitrogens with two attached hydrogens (primary N) is 1. The number of rotatable bonds is 2. The van der Waals surface area contributed by atoms with Crippen molar-refractivity contribution in [1.29, 1.82) is 0 Å². The van der Waals surface area contributed by atoms with E-state index in [1.54, 1.807) is 12.1 Å². The molecule has 0 aliphatic rings. The molecule has 0 fully saturated rings. The molecule has 0 unspecified atom stereocenters. The van der Waals surface area contributed by atoms with Crippen molar-refractivity contribution in [2.45, 2.75) is 0 Å². The number of halogens is 3. The molecular weight excluding hydrogens is 307 g/mol. The summed E-state index contributed by atoms with van der Waals surface area (Å²) in [7, 11) is 0. The third-order valence-electron chi connectivity index (χ3n) is 2.16. The van der Waals surface area contributed by atoms with Gasteiger partial charge in [0.15, 0.2) is 0 Å². The molecule has 2 aromatic carbocycles. The van der Waals surface area contributed by atoms with Crippen molar-refractivity contribution in [3.8, 4) is 0 Å². The zero-order valence-electron chi connectivity index (χ0n) is 8.68. The molecule has 5 heteroatoms. The third-order valence-corrected chi connectivity index (χ3v) is 3.09. The predicted molar refractivity (Wildman–Crippen MR) is 73.2 cm³/mol. The van der Waals surface area contributed by atoms with E-state index in [4.69, 9.17) is 17.3 Å². The minimum Gasteiger partial charge on any atom is -0.399 e. The van der Waals surface area contributed by atoms with E-state index in [-0.39, 0.29) is 5.82 Å². The maximum absolute atomic E-state index is 13.0. The molecule has 0 atom stereocenters. The highest BCUT2D eigenvalue weighted by atomic mass is 79.9. The first-order valence-corrected chi connectivity index (χ1v) is 6.00. The fraction of sp³-hybridized carbons (Fsp3) is 0. The van der Waals surface area contributed by atoms with Crippen LogP contribution < -0.4 is 11.1 Å². The first-order chi connectivity index (χ1) is 8.06. The molecule has 2 rings (SSSR count). The Balaban J connectivity index is 2.36. The van der Waals surface area contributed by atoms with E-state index in [1.807, 2.05) is 12.1 Å². The number of hydrogen-bond acceptors (Lipinski definition) is 2. The molecule has 0 spiro atoms. The van der Waals surface area contributed by atoms with Gasteiger partial charge in [0.05, 0.1) is 10.7 Å². The lowest BCUT2D eigenvalue weighted by molar-refractivity contribution is 0.627. The maximum Gasteiger partial charge on any atom is 0.125 e. The number of anilines is 3. The van der Waals surface area contributed by atoms with Gasteiger partial charge in [-0.05, 0) is 46.3 Å². The quantitative estimate of drug-likeness (QED) is 0.797. The highest BCUT2D eigenvalue weighted by molar-refractivity contribution is 9.10. The van der Waals surface area contributed by atoms with Crippen LogP contribution in [-0.2, 0) is 0 Å². The molecule has 0 heterocycles. The summed E-state index contributed by atoms with van der Waals surface area (Å²) in [6, 6.07) is 9.82. The Morgan fingerprint density at radius 3 is 2.65 bits per heavy atom. The van der Waals surface area contributed by atoms with Gasteiger partial charge in [-0.2, -0.15) is 0 Å². The monoisotopic (exact) mass is 314 g/mol. The van der Waals surface area contributed by atoms with E-state index in [2.05, 4.69) is 21.2 Å². The SMILES string of the molecule is Nc1cccc(Nc2c(Cl)cc(F)cc2Br)c1. The number of hydrogen-bond donors (Lipinski definition) is 2. The van der Waals surface area contributed by atoms with E-state index in [0.29, 0.717) is 20.9 Å². The van der Waals surface area contributed by atoms with Gasteiger partial charge in [0.2, 0.25) is 0 Å². The van der Waals surface area contributed by atoms with Crippen LogP contribution in [0.1, 0.15) is 0 Å². The Morgan fingerprint density at radius 1 is 1.24 bits per heavy atom. The smallest absolute Gasteiger partial charge is 0.125 e. The second kappa shape index (κ2) is 4.94. The van der Waals surface area contributed by atoms with Gasteiger partial charge in [0, 0.05) is 15.8 Å². The number of nitrogen functional groups attached to an aromatic ring is 1. The highest BCUT2D eigenvalue weighted by Gasteiger charge is 2.08. The summed E-state index contributed by atoms with van der Waals surface area (Å²) >= 11 is 9.22. The van der Waals surface area contributed by atoms with Gasteiger partial charge >= 0.3 is 0 Å². The van der Waals surface area contributed by atoms with Gasteiger partial charge < -0.3 is 11.1 Å². The first-order valence-electron chi connectivity index (χ1n) is 4.83. The lowest BCUT2D eigenvalue weighted by atomic mass is 10.2. The lowest BCUT2D eigenvalue weighted by Crippen LogP contribution is -1.94. The summed E-state index contributed by atoms with van der Waals surface area (Å²) in [6.45, 7) is 0. The standard InChI is InChI=1S/C12H9BrClFN2/c13-10-4-7(15)5-11(14)12(10)17-9-3-1-2-8(16)6-9/h1-6,17H,16H2. The van der Waals surface area contributed by atoms with Crippen molar-refractivity contribution in [2.75, 3.05) is 11.1 Å². The molecule has 2 aromatic rings. The highest BCUT2D eigenvalue weighted by Crippen LogP contribution is 2.34. The van der Waals surface area contributed by atoms with Crippen LogP contribution in [0.4, 0.5) is 21.5 Å². The van der Waals surface area contributed by atoms with Crippen LogP contribution in [0.15, 0.2) is 40.9 Å². The van der Waals surface area contributed by atoms with Crippen molar-refractivity contribution < 1.29 is 4.39 Å². The van der Waals surface area contributed by atoms with Crippen LogP contribution in [0, 0.1) is 5.82 Å². The van der Waals surface area contributed by atoms with Crippen LogP contribution >= 0.6 is 27.5 Å². The Bertz CT molecular complexity index is 537. The van der Waals surface area contributed by atoms with Gasteiger partial charge in [-0.15, -0.1) is 0 Å². The molecule has 88 valence electrons. The lowest BCUT2D eigenvalue weighted by Gasteiger charge is -2.11. The van der Waals surface area contributed by atoms with Crippen molar-refractivity contribution in [2.24, 2.45) is 0 Å². The fourth-order valence-electron chi connectivity index (χ4n) is 1.42. The van der Waals surface area contributed by atoms with Crippen molar-refractivity contribution in [3.05, 3.63) is 51.7 Å². The third kappa shape index (κ3) is 2.90. The largest absolute Gasteiger partial charge is 0.399 e. The van der Waals surface area contributed by atoms with E-state index in [9.17, 15) is 4.39 Å². The van der Waals surface area contributed by atoms with Crippen molar-refractivity contribution >= 4 is 44.6 Å². The molecule has 0 bridgehead atoms. The Hall–Kier alpha value is -1.26. The van der Waals surface area contributed by atoms with E-state index in [1.165, 1.54) is 12.1 Å². The van der Waals surface area contributed by atoms with E-state index in [0.717, 1.165) is 5.69 Å². The number of nitrogens with one attached hydrogen (secondary N) is 1. The molecule has 0 amide bonds. The Morgan fingerprint density at radius 2 is 2.00 bits per heavy atom. The summed E-state index contributed by atoms with van der Waals surface area (Å²) in [5, 5.41) is 3.39. The zero-order valence-corrected chi connectivity index (χ0v) is 11.0. The second-order valence-corrected chi connectivity index (χ2v) is 4.76. The molecular formula is C12H9BrClFN2. The van der Waals surface area contributed by atoms with Gasteiger partial charge in [0.25, 0.3) is 0 Å². The van der Waals surface area contributed by atoms with Crippen LogP contribution in [0.3, 0.4) is 0 Å². The summed E-state index contributed by atoms with van der Waals surface area (Å²) in [4.78, 5) is 0. The average molecular weight is 316 g/mol. The molecule has 0 aliphatic heterocycles. The first kappa shape index (κ1) is 12.2. The van der Waals surface area contributed by atoms with E-state index < -0.39 is 0 Å². The second-order valence-electron chi connectivity index (χ2n) is 3.49. The van der Waals surface area contributed by atoms with Crippen LogP contribution in [0.25, 0.3) is 0 Å². The average Bonchev–Trinajstić information content (AvgIpc) is 2.23. The topological polar surface area (TPSA) is 38.0 Å². The summed E-state index contributed by atoms with van der Waals surface area (Å²) in [5.41, 5.74) is 7.71. The summed E-state index contributed by atoms with van der Waals surface area (Å²) in [5.74, 6) is -0.389. The predicted octanol–water partition coefficient (Wildman–Crippen LogP) is 4.57. The fourth-order valence-corrected chi connectivity index (χ4v) is 2.32. The molecule has 17 heavy (non-hydrogen) atoms. The van der Waals surface area contributed by atoms with Crippen LogP contribution in [0.2, 0.25) is 5.02 Å². The van der Waals surface area contributed by atoms with Crippen molar-refractivity contribution in [1.82, 2.24) is 0 Å². The maximum atomic E-state index is 13.0. The molecule has 2 nitrogen and oxygen atoms in total. The molecule has 0 aliphatic carbocycles. The molecule has 0 aromatic heterocycles. The van der Waals surface area contributed by atoms with Gasteiger partial charge in [0.1, 0.15) is 5.82 Å². The summed E-state index contributed by atoms with van der Waals surface area (Å²) in [6.07, 6.45) is 0. The minimum atomic E-state index is -0.389.